The Morgan fingerprint density at radius 2 is 1.93 bits per heavy atom. The highest BCUT2D eigenvalue weighted by Crippen LogP contribution is 2.37. The van der Waals surface area contributed by atoms with E-state index < -0.39 is 0 Å². The summed E-state index contributed by atoms with van der Waals surface area (Å²) in [7, 11) is 0. The van der Waals surface area contributed by atoms with Crippen molar-refractivity contribution in [3.63, 3.8) is 0 Å². The lowest BCUT2D eigenvalue weighted by atomic mass is 10.2. The molecule has 6 heteroatoms. The van der Waals surface area contributed by atoms with Crippen LogP contribution in [-0.2, 0) is 6.61 Å². The number of halogens is 3. The molecule has 0 amide bonds. The fourth-order valence-corrected chi connectivity index (χ4v) is 3.45. The molecule has 0 atom stereocenters. The summed E-state index contributed by atoms with van der Waals surface area (Å²) in [6.45, 7) is 4.59. The van der Waals surface area contributed by atoms with Crippen molar-refractivity contribution in [2.24, 2.45) is 4.99 Å². The fraction of sp³-hybridized carbons (Fsp3) is 0.174. The molecule has 0 aromatic heterocycles. The van der Waals surface area contributed by atoms with E-state index in [4.69, 9.17) is 21.1 Å². The van der Waals surface area contributed by atoms with E-state index in [1.165, 1.54) is 12.1 Å². The minimum atomic E-state index is -0.293. The van der Waals surface area contributed by atoms with Crippen LogP contribution in [0.4, 0.5) is 10.1 Å². The van der Waals surface area contributed by atoms with E-state index in [9.17, 15) is 4.39 Å². The number of rotatable bonds is 7. The Balaban J connectivity index is 1.85. The molecule has 0 spiro atoms. The lowest BCUT2D eigenvalue weighted by molar-refractivity contribution is 0.267. The summed E-state index contributed by atoms with van der Waals surface area (Å²) in [6, 6.07) is 15.7. The highest BCUT2D eigenvalue weighted by molar-refractivity contribution is 9.10. The molecule has 3 aromatic rings. The van der Waals surface area contributed by atoms with Gasteiger partial charge in [-0.1, -0.05) is 29.8 Å². The van der Waals surface area contributed by atoms with Crippen molar-refractivity contribution in [2.75, 3.05) is 6.61 Å². The molecule has 3 nitrogen and oxygen atoms in total. The average Bonchev–Trinajstić information content (AvgIpc) is 2.68. The largest absolute Gasteiger partial charge is 0.490 e. The first-order valence-corrected chi connectivity index (χ1v) is 10.3. The minimum absolute atomic E-state index is 0.228. The van der Waals surface area contributed by atoms with Crippen molar-refractivity contribution in [2.45, 2.75) is 20.5 Å². The van der Waals surface area contributed by atoms with Gasteiger partial charge in [-0.15, -0.1) is 0 Å². The van der Waals surface area contributed by atoms with Crippen LogP contribution in [0.1, 0.15) is 23.6 Å². The third-order valence-corrected chi connectivity index (χ3v) is 4.95. The van der Waals surface area contributed by atoms with Crippen molar-refractivity contribution in [1.82, 2.24) is 0 Å². The predicted molar refractivity (Wildman–Crippen MR) is 119 cm³/mol. The van der Waals surface area contributed by atoms with Crippen LogP contribution in [0.5, 0.6) is 11.5 Å². The summed E-state index contributed by atoms with van der Waals surface area (Å²) >= 11 is 9.61. The Morgan fingerprint density at radius 3 is 2.69 bits per heavy atom. The molecule has 3 rings (SSSR count). The number of aryl methyl sites for hydroxylation is 1. The van der Waals surface area contributed by atoms with Gasteiger partial charge in [0.05, 0.1) is 16.8 Å². The highest BCUT2D eigenvalue weighted by atomic mass is 79.9. The minimum Gasteiger partial charge on any atom is -0.490 e. The number of hydrogen-bond donors (Lipinski definition) is 0. The standard InChI is InChI=1S/C23H20BrClFNO2/c1-3-28-22-11-17(13-27-21-12-18(25)8-7-15(21)2)10-20(24)23(22)29-14-16-5-4-6-19(26)9-16/h4-13H,3,14H2,1-2H3. The molecule has 0 unspecified atom stereocenters. The maximum Gasteiger partial charge on any atom is 0.175 e. The van der Waals surface area contributed by atoms with Crippen LogP contribution in [-0.4, -0.2) is 12.8 Å². The van der Waals surface area contributed by atoms with Gasteiger partial charge in [0.1, 0.15) is 12.4 Å². The maximum absolute atomic E-state index is 13.4. The van der Waals surface area contributed by atoms with E-state index in [1.807, 2.05) is 50.2 Å². The Bertz CT molecular complexity index is 1040. The third-order valence-electron chi connectivity index (χ3n) is 4.13. The first-order chi connectivity index (χ1) is 14.0. The molecule has 0 radical (unpaired) electrons. The van der Waals surface area contributed by atoms with Gasteiger partial charge in [0.25, 0.3) is 0 Å². The molecule has 0 aliphatic heterocycles. The second kappa shape index (κ2) is 9.90. The number of benzene rings is 3. The van der Waals surface area contributed by atoms with E-state index in [1.54, 1.807) is 12.3 Å². The molecule has 150 valence electrons. The molecule has 0 aliphatic rings. The number of hydrogen-bond acceptors (Lipinski definition) is 3. The summed E-state index contributed by atoms with van der Waals surface area (Å²) in [4.78, 5) is 4.54. The van der Waals surface area contributed by atoms with E-state index >= 15 is 0 Å². The molecule has 3 aromatic carbocycles. The second-order valence-corrected chi connectivity index (χ2v) is 7.66. The van der Waals surface area contributed by atoms with Gasteiger partial charge in [-0.3, -0.25) is 4.99 Å². The van der Waals surface area contributed by atoms with Gasteiger partial charge in [0, 0.05) is 11.2 Å². The SMILES string of the molecule is CCOc1cc(C=Nc2cc(Cl)ccc2C)cc(Br)c1OCc1cccc(F)c1. The zero-order valence-electron chi connectivity index (χ0n) is 16.1. The molecule has 0 fully saturated rings. The van der Waals surface area contributed by atoms with Gasteiger partial charge in [-0.2, -0.15) is 0 Å². The van der Waals surface area contributed by atoms with Crippen molar-refractivity contribution in [1.29, 1.82) is 0 Å². The second-order valence-electron chi connectivity index (χ2n) is 6.37. The van der Waals surface area contributed by atoms with Crippen LogP contribution < -0.4 is 9.47 Å². The lowest BCUT2D eigenvalue weighted by Gasteiger charge is -2.15. The van der Waals surface area contributed by atoms with Gasteiger partial charge >= 0.3 is 0 Å². The number of ether oxygens (including phenoxy) is 2. The van der Waals surface area contributed by atoms with E-state index in [-0.39, 0.29) is 12.4 Å². The molecule has 0 saturated heterocycles. The monoisotopic (exact) mass is 475 g/mol. The summed E-state index contributed by atoms with van der Waals surface area (Å²) in [5.41, 5.74) is 3.42. The zero-order chi connectivity index (χ0) is 20.8. The molecule has 0 saturated carbocycles. The summed E-state index contributed by atoms with van der Waals surface area (Å²) in [5.74, 6) is 0.854. The molecular weight excluding hydrogens is 457 g/mol. The van der Waals surface area contributed by atoms with Crippen LogP contribution in [0.15, 0.2) is 64.1 Å². The van der Waals surface area contributed by atoms with Gasteiger partial charge in [0.2, 0.25) is 0 Å². The summed E-state index contributed by atoms with van der Waals surface area (Å²) < 4.78 is 25.8. The van der Waals surface area contributed by atoms with E-state index in [0.29, 0.717) is 23.1 Å². The van der Waals surface area contributed by atoms with Gasteiger partial charge in [0.15, 0.2) is 11.5 Å². The van der Waals surface area contributed by atoms with Crippen molar-refractivity contribution < 1.29 is 13.9 Å². The lowest BCUT2D eigenvalue weighted by Crippen LogP contribution is -2.01. The summed E-state index contributed by atoms with van der Waals surface area (Å²) in [6.07, 6.45) is 1.75. The van der Waals surface area contributed by atoms with Gasteiger partial charge in [-0.25, -0.2) is 4.39 Å². The smallest absolute Gasteiger partial charge is 0.175 e. The first-order valence-electron chi connectivity index (χ1n) is 9.10. The van der Waals surface area contributed by atoms with Crippen molar-refractivity contribution >= 4 is 39.4 Å². The van der Waals surface area contributed by atoms with Crippen molar-refractivity contribution in [3.05, 3.63) is 86.6 Å². The summed E-state index contributed by atoms with van der Waals surface area (Å²) in [5, 5.41) is 0.639. The van der Waals surface area contributed by atoms with Crippen LogP contribution in [0.25, 0.3) is 0 Å². The van der Waals surface area contributed by atoms with Gasteiger partial charge in [-0.05, 0) is 82.9 Å². The quantitative estimate of drug-likeness (QED) is 0.335. The van der Waals surface area contributed by atoms with Crippen LogP contribution in [0, 0.1) is 12.7 Å². The topological polar surface area (TPSA) is 30.8 Å². The Morgan fingerprint density at radius 1 is 1.10 bits per heavy atom. The molecule has 0 aliphatic carbocycles. The Kier molecular flexibility index (Phi) is 7.29. The Hall–Kier alpha value is -2.37. The van der Waals surface area contributed by atoms with Crippen molar-refractivity contribution in [3.8, 4) is 11.5 Å². The van der Waals surface area contributed by atoms with Crippen LogP contribution in [0.3, 0.4) is 0 Å². The molecule has 0 N–H and O–H groups in total. The first kappa shape index (κ1) is 21.3. The highest BCUT2D eigenvalue weighted by Gasteiger charge is 2.12. The third kappa shape index (κ3) is 5.81. The average molecular weight is 477 g/mol. The molecule has 0 heterocycles. The van der Waals surface area contributed by atoms with E-state index in [0.717, 1.165) is 26.9 Å². The van der Waals surface area contributed by atoms with Crippen LogP contribution >= 0.6 is 27.5 Å². The van der Waals surface area contributed by atoms with E-state index in [2.05, 4.69) is 20.9 Å². The van der Waals surface area contributed by atoms with Crippen LogP contribution in [0.2, 0.25) is 5.02 Å². The molecule has 29 heavy (non-hydrogen) atoms. The maximum atomic E-state index is 13.4. The zero-order valence-corrected chi connectivity index (χ0v) is 18.4. The predicted octanol–water partition coefficient (Wildman–Crippen LogP) is 7.28. The normalized spacial score (nSPS) is 11.1. The number of aliphatic imine (C=N–C) groups is 1. The molecule has 0 bridgehead atoms. The fourth-order valence-electron chi connectivity index (χ4n) is 2.71. The Labute approximate surface area is 183 Å². The molecular formula is C23H20BrClFNO2. The number of nitrogens with zero attached hydrogens (tertiary/aromatic N) is 1. The van der Waals surface area contributed by atoms with Gasteiger partial charge < -0.3 is 9.47 Å².